The third-order valence-electron chi connectivity index (χ3n) is 1.74. The summed E-state index contributed by atoms with van der Waals surface area (Å²) in [5, 5.41) is 10.2. The Labute approximate surface area is 99.0 Å². The number of nitrogens with zero attached hydrogens (tertiary/aromatic N) is 3. The highest BCUT2D eigenvalue weighted by Crippen LogP contribution is 2.30. The summed E-state index contributed by atoms with van der Waals surface area (Å²) < 4.78 is 0. The Balaban J connectivity index is 2.96. The number of hydrogen-bond acceptors (Lipinski definition) is 4. The number of benzene rings is 1. The van der Waals surface area contributed by atoms with E-state index < -0.39 is 0 Å². The van der Waals surface area contributed by atoms with Crippen molar-refractivity contribution >= 4 is 23.0 Å². The summed E-state index contributed by atoms with van der Waals surface area (Å²) in [7, 11) is 0. The van der Waals surface area contributed by atoms with E-state index in [1.807, 2.05) is 13.8 Å². The van der Waals surface area contributed by atoms with Gasteiger partial charge in [0, 0.05) is 6.07 Å². The number of hydrogen-bond donors (Lipinski definition) is 0. The number of halogens is 1. The topological polar surface area (TPSA) is 49.9 Å². The van der Waals surface area contributed by atoms with E-state index in [-0.39, 0.29) is 0 Å². The van der Waals surface area contributed by atoms with E-state index in [2.05, 4.69) is 4.98 Å². The molecule has 0 saturated carbocycles. The van der Waals surface area contributed by atoms with Crippen LogP contribution in [0.15, 0.2) is 18.2 Å². The van der Waals surface area contributed by atoms with Crippen LogP contribution in [0.5, 0.6) is 0 Å². The second kappa shape index (κ2) is 6.28. The predicted molar refractivity (Wildman–Crippen MR) is 61.9 cm³/mol. The van der Waals surface area contributed by atoms with Crippen LogP contribution >= 0.6 is 11.6 Å². The number of rotatable bonds is 5. The van der Waals surface area contributed by atoms with Gasteiger partial charge in [-0.1, -0.05) is 11.6 Å². The standard InChI is InChI=1S/C10H13ClN3O2/c1-3-15-14(16-4-2)10-6-5-8(13-12)7-9(10)11/h5-7H,3-4H2,1-2H3/q+1. The maximum atomic E-state index is 8.59. The molecule has 0 aromatic heterocycles. The van der Waals surface area contributed by atoms with E-state index in [0.29, 0.717) is 29.6 Å². The molecular formula is C10H13ClN3O2+. The average molecular weight is 243 g/mol. The normalized spacial score (nSPS) is 9.88. The number of anilines is 1. The fraction of sp³-hybridized carbons (Fsp3) is 0.400. The lowest BCUT2D eigenvalue weighted by atomic mass is 10.3. The molecule has 6 heteroatoms. The van der Waals surface area contributed by atoms with E-state index in [9.17, 15) is 0 Å². The molecule has 86 valence electrons. The smallest absolute Gasteiger partial charge is 0.249 e. The third-order valence-corrected chi connectivity index (χ3v) is 2.04. The van der Waals surface area contributed by atoms with Gasteiger partial charge in [0.05, 0.1) is 24.3 Å². The van der Waals surface area contributed by atoms with Gasteiger partial charge in [-0.25, -0.2) is 9.68 Å². The molecule has 0 N–H and O–H groups in total. The van der Waals surface area contributed by atoms with E-state index in [1.54, 1.807) is 12.1 Å². The maximum Gasteiger partial charge on any atom is 0.386 e. The monoisotopic (exact) mass is 242 g/mol. The van der Waals surface area contributed by atoms with Crippen LogP contribution in [0.4, 0.5) is 11.4 Å². The highest BCUT2D eigenvalue weighted by molar-refractivity contribution is 6.33. The predicted octanol–water partition coefficient (Wildman–Crippen LogP) is 3.53. The molecule has 0 spiro atoms. The lowest BCUT2D eigenvalue weighted by Gasteiger charge is -2.21. The Morgan fingerprint density at radius 1 is 1.31 bits per heavy atom. The minimum Gasteiger partial charge on any atom is -0.249 e. The van der Waals surface area contributed by atoms with Gasteiger partial charge in [-0.3, -0.25) is 0 Å². The summed E-state index contributed by atoms with van der Waals surface area (Å²) in [5.74, 6) is 0. The van der Waals surface area contributed by atoms with Gasteiger partial charge >= 0.3 is 5.69 Å². The molecule has 0 bridgehead atoms. The third kappa shape index (κ3) is 3.07. The van der Waals surface area contributed by atoms with Crippen molar-refractivity contribution < 1.29 is 9.68 Å². The molecule has 0 amide bonds. The Morgan fingerprint density at radius 3 is 2.38 bits per heavy atom. The largest absolute Gasteiger partial charge is 0.386 e. The second-order valence-electron chi connectivity index (χ2n) is 2.83. The van der Waals surface area contributed by atoms with Crippen LogP contribution in [-0.4, -0.2) is 13.2 Å². The van der Waals surface area contributed by atoms with Crippen LogP contribution in [0.1, 0.15) is 13.8 Å². The van der Waals surface area contributed by atoms with Gasteiger partial charge in [-0.15, -0.1) is 5.23 Å². The molecule has 0 radical (unpaired) electrons. The van der Waals surface area contributed by atoms with Crippen LogP contribution in [-0.2, 0) is 9.68 Å². The van der Waals surface area contributed by atoms with Crippen LogP contribution < -0.4 is 5.23 Å². The van der Waals surface area contributed by atoms with E-state index in [4.69, 9.17) is 26.7 Å². The first-order chi connectivity index (χ1) is 7.72. The van der Waals surface area contributed by atoms with Crippen LogP contribution in [0.3, 0.4) is 0 Å². The zero-order valence-corrected chi connectivity index (χ0v) is 9.94. The van der Waals surface area contributed by atoms with Gasteiger partial charge in [0.1, 0.15) is 5.69 Å². The summed E-state index contributed by atoms with van der Waals surface area (Å²) in [6, 6.07) is 4.77. The SMILES string of the molecule is CCON(OCC)c1ccc([N+]#N)cc1Cl. The Hall–Kier alpha value is -1.35. The van der Waals surface area contributed by atoms with E-state index in [1.165, 1.54) is 11.3 Å². The van der Waals surface area contributed by atoms with E-state index in [0.717, 1.165) is 0 Å². The molecule has 0 unspecified atom stereocenters. The molecule has 0 aliphatic carbocycles. The zero-order valence-electron chi connectivity index (χ0n) is 9.18. The maximum absolute atomic E-state index is 8.59. The Morgan fingerprint density at radius 2 is 1.94 bits per heavy atom. The summed E-state index contributed by atoms with van der Waals surface area (Å²) in [6.07, 6.45) is 0. The van der Waals surface area contributed by atoms with Gasteiger partial charge in [-0.05, 0) is 19.9 Å². The molecule has 0 aliphatic rings. The summed E-state index contributed by atoms with van der Waals surface area (Å²) >= 11 is 6.00. The van der Waals surface area contributed by atoms with Crippen LogP contribution in [0.25, 0.3) is 4.98 Å². The summed E-state index contributed by atoms with van der Waals surface area (Å²) in [4.78, 5) is 13.6. The van der Waals surface area contributed by atoms with Crippen molar-refractivity contribution in [2.45, 2.75) is 13.8 Å². The van der Waals surface area contributed by atoms with Gasteiger partial charge in [0.2, 0.25) is 5.39 Å². The first kappa shape index (κ1) is 12.7. The quantitative estimate of drug-likeness (QED) is 0.585. The first-order valence-corrected chi connectivity index (χ1v) is 5.31. The van der Waals surface area contributed by atoms with Gasteiger partial charge in [-0.2, -0.15) is 0 Å². The minimum atomic E-state index is 0.377. The highest BCUT2D eigenvalue weighted by atomic mass is 35.5. The van der Waals surface area contributed by atoms with Crippen LogP contribution in [0, 0.1) is 5.39 Å². The van der Waals surface area contributed by atoms with Crippen molar-refractivity contribution in [2.75, 3.05) is 18.4 Å². The lowest BCUT2D eigenvalue weighted by molar-refractivity contribution is -0.0816. The van der Waals surface area contributed by atoms with Gasteiger partial charge in [0.15, 0.2) is 4.98 Å². The van der Waals surface area contributed by atoms with Gasteiger partial charge in [0.25, 0.3) is 0 Å². The summed E-state index contributed by atoms with van der Waals surface area (Å²) in [6.45, 7) is 4.61. The van der Waals surface area contributed by atoms with Crippen molar-refractivity contribution in [2.24, 2.45) is 0 Å². The molecule has 0 atom stereocenters. The van der Waals surface area contributed by atoms with Crippen molar-refractivity contribution in [3.8, 4) is 0 Å². The molecule has 0 saturated heterocycles. The van der Waals surface area contributed by atoms with E-state index >= 15 is 0 Å². The Kier molecular flexibility index (Phi) is 4.99. The van der Waals surface area contributed by atoms with Crippen molar-refractivity contribution in [3.05, 3.63) is 28.2 Å². The number of diazo groups is 1. The minimum absolute atomic E-state index is 0.377. The lowest BCUT2D eigenvalue weighted by Crippen LogP contribution is -2.24. The average Bonchev–Trinajstić information content (AvgIpc) is 2.29. The molecule has 1 rings (SSSR count). The molecular weight excluding hydrogens is 230 g/mol. The molecule has 0 fully saturated rings. The molecule has 0 heterocycles. The summed E-state index contributed by atoms with van der Waals surface area (Å²) in [5.41, 5.74) is 0.944. The molecule has 16 heavy (non-hydrogen) atoms. The zero-order chi connectivity index (χ0) is 12.0. The first-order valence-electron chi connectivity index (χ1n) is 4.93. The molecule has 0 aliphatic heterocycles. The fourth-order valence-corrected chi connectivity index (χ4v) is 1.36. The Bertz CT molecular complexity index is 386. The second-order valence-corrected chi connectivity index (χ2v) is 3.24. The molecule has 5 nitrogen and oxygen atoms in total. The van der Waals surface area contributed by atoms with Crippen molar-refractivity contribution in [1.82, 2.24) is 0 Å². The van der Waals surface area contributed by atoms with Crippen molar-refractivity contribution in [3.63, 3.8) is 0 Å². The van der Waals surface area contributed by atoms with Crippen molar-refractivity contribution in [1.29, 1.82) is 5.39 Å². The fourth-order valence-electron chi connectivity index (χ4n) is 1.12. The van der Waals surface area contributed by atoms with Crippen LogP contribution in [0.2, 0.25) is 5.02 Å². The molecule has 1 aromatic carbocycles. The molecule has 1 aromatic rings. The van der Waals surface area contributed by atoms with Gasteiger partial charge < -0.3 is 0 Å². The highest BCUT2D eigenvalue weighted by Gasteiger charge is 2.15.